The van der Waals surface area contributed by atoms with Crippen molar-refractivity contribution in [3.8, 4) is 0 Å². The number of carbonyl (C=O) groups is 3. The van der Waals surface area contributed by atoms with Gasteiger partial charge in [-0.05, 0) is 57.0 Å². The average Bonchev–Trinajstić information content (AvgIpc) is 2.93. The quantitative estimate of drug-likeness (QED) is 0.662. The van der Waals surface area contributed by atoms with Crippen LogP contribution in [0.2, 0.25) is 5.02 Å². The first-order chi connectivity index (χ1) is 14.0. The third-order valence-corrected chi connectivity index (χ3v) is 6.04. The Hall–Kier alpha value is -2.19. The third kappa shape index (κ3) is 5.49. The summed E-state index contributed by atoms with van der Waals surface area (Å²) in [6.07, 6.45) is 2.09. The van der Waals surface area contributed by atoms with Crippen LogP contribution in [-0.2, 0) is 9.53 Å². The molecule has 2 aliphatic heterocycles. The van der Waals surface area contributed by atoms with Crippen LogP contribution in [0.15, 0.2) is 23.1 Å². The minimum Gasteiger partial charge on any atom is -0.444 e. The summed E-state index contributed by atoms with van der Waals surface area (Å²) in [7, 11) is 0. The fourth-order valence-corrected chi connectivity index (χ4v) is 4.44. The lowest BCUT2D eigenvalue weighted by Crippen LogP contribution is -2.53. The molecule has 3 rings (SSSR count). The van der Waals surface area contributed by atoms with Crippen LogP contribution in [0.3, 0.4) is 0 Å². The van der Waals surface area contributed by atoms with Crippen molar-refractivity contribution in [2.75, 3.05) is 18.0 Å². The van der Waals surface area contributed by atoms with Crippen molar-refractivity contribution in [3.63, 3.8) is 0 Å². The molecular formula is C21H26ClN3O4S. The standard InChI is InChI=1S/C21H26ClN3O4S/c1-12-8-9-25(11-15(12)23-19(27)29-21(2,3)4)17-13(6-5-7-14(17)22)10-16-18(26)24-20(28)30-16/h5-7,10,12,15H,8-9,11H2,1-4H3,(H,23,27)(H,24,26,28). The highest BCUT2D eigenvalue weighted by Gasteiger charge is 2.31. The van der Waals surface area contributed by atoms with E-state index in [1.54, 1.807) is 18.2 Å². The van der Waals surface area contributed by atoms with Gasteiger partial charge in [0.25, 0.3) is 11.1 Å². The van der Waals surface area contributed by atoms with Crippen LogP contribution in [0.1, 0.15) is 39.7 Å². The molecule has 1 aromatic rings. The van der Waals surface area contributed by atoms with Gasteiger partial charge >= 0.3 is 6.09 Å². The zero-order valence-corrected chi connectivity index (χ0v) is 19.0. The Balaban J connectivity index is 1.83. The van der Waals surface area contributed by atoms with Gasteiger partial charge in [-0.15, -0.1) is 0 Å². The number of alkyl carbamates (subject to hydrolysis) is 1. The molecule has 3 amide bonds. The fourth-order valence-electron chi connectivity index (χ4n) is 3.46. The number of para-hydroxylation sites is 1. The number of ether oxygens (including phenoxy) is 1. The summed E-state index contributed by atoms with van der Waals surface area (Å²) in [5.41, 5.74) is 0.962. The molecule has 2 N–H and O–H groups in total. The Morgan fingerprint density at radius 2 is 2.10 bits per heavy atom. The van der Waals surface area contributed by atoms with E-state index >= 15 is 0 Å². The Kier molecular flexibility index (Phi) is 6.67. The van der Waals surface area contributed by atoms with E-state index < -0.39 is 17.6 Å². The summed E-state index contributed by atoms with van der Waals surface area (Å²) in [6, 6.07) is 5.34. The second-order valence-electron chi connectivity index (χ2n) is 8.49. The van der Waals surface area contributed by atoms with Crippen LogP contribution in [0.25, 0.3) is 6.08 Å². The molecule has 0 aromatic heterocycles. The second kappa shape index (κ2) is 8.89. The number of nitrogens with zero attached hydrogens (tertiary/aromatic N) is 1. The van der Waals surface area contributed by atoms with Gasteiger partial charge in [-0.2, -0.15) is 0 Å². The van der Waals surface area contributed by atoms with Crippen molar-refractivity contribution in [1.82, 2.24) is 10.6 Å². The largest absolute Gasteiger partial charge is 0.444 e. The van der Waals surface area contributed by atoms with Crippen LogP contribution in [0, 0.1) is 5.92 Å². The summed E-state index contributed by atoms with van der Waals surface area (Å²) in [6.45, 7) is 8.89. The van der Waals surface area contributed by atoms with E-state index in [0.29, 0.717) is 16.5 Å². The molecule has 0 saturated carbocycles. The summed E-state index contributed by atoms with van der Waals surface area (Å²) in [5.74, 6) is -0.139. The van der Waals surface area contributed by atoms with E-state index in [1.807, 2.05) is 26.8 Å². The monoisotopic (exact) mass is 451 g/mol. The predicted octanol–water partition coefficient (Wildman–Crippen LogP) is 4.40. The Morgan fingerprint density at radius 1 is 1.37 bits per heavy atom. The summed E-state index contributed by atoms with van der Waals surface area (Å²) < 4.78 is 5.40. The Labute approximate surface area is 185 Å². The molecule has 2 unspecified atom stereocenters. The molecule has 2 aliphatic rings. The van der Waals surface area contributed by atoms with E-state index in [1.165, 1.54) is 0 Å². The molecule has 7 nitrogen and oxygen atoms in total. The zero-order chi connectivity index (χ0) is 22.1. The number of imide groups is 1. The fraction of sp³-hybridized carbons (Fsp3) is 0.476. The van der Waals surface area contributed by atoms with Crippen molar-refractivity contribution in [1.29, 1.82) is 0 Å². The minimum absolute atomic E-state index is 0.115. The lowest BCUT2D eigenvalue weighted by Gasteiger charge is -2.39. The molecule has 0 aliphatic carbocycles. The topological polar surface area (TPSA) is 87.7 Å². The van der Waals surface area contributed by atoms with Crippen molar-refractivity contribution in [3.05, 3.63) is 33.7 Å². The number of halogens is 1. The smallest absolute Gasteiger partial charge is 0.407 e. The molecule has 162 valence electrons. The first kappa shape index (κ1) is 22.5. The molecule has 0 radical (unpaired) electrons. The number of benzene rings is 1. The van der Waals surface area contributed by atoms with Gasteiger partial charge in [-0.25, -0.2) is 4.79 Å². The van der Waals surface area contributed by atoms with Crippen LogP contribution < -0.4 is 15.5 Å². The maximum Gasteiger partial charge on any atom is 0.407 e. The van der Waals surface area contributed by atoms with E-state index in [-0.39, 0.29) is 17.2 Å². The highest BCUT2D eigenvalue weighted by molar-refractivity contribution is 8.18. The summed E-state index contributed by atoms with van der Waals surface area (Å²) >= 11 is 7.40. The molecule has 0 spiro atoms. The van der Waals surface area contributed by atoms with Gasteiger partial charge in [0, 0.05) is 18.7 Å². The van der Waals surface area contributed by atoms with Crippen LogP contribution >= 0.6 is 23.4 Å². The van der Waals surface area contributed by atoms with Gasteiger partial charge in [0.05, 0.1) is 21.7 Å². The number of thioether (sulfide) groups is 1. The highest BCUT2D eigenvalue weighted by Crippen LogP contribution is 2.36. The lowest BCUT2D eigenvalue weighted by molar-refractivity contribution is -0.115. The normalized spacial score (nSPS) is 23.5. The highest BCUT2D eigenvalue weighted by atomic mass is 35.5. The van der Waals surface area contributed by atoms with Crippen LogP contribution in [-0.4, -0.2) is 42.0 Å². The van der Waals surface area contributed by atoms with E-state index in [0.717, 1.165) is 36.0 Å². The van der Waals surface area contributed by atoms with Gasteiger partial charge in [-0.1, -0.05) is 30.7 Å². The predicted molar refractivity (Wildman–Crippen MR) is 120 cm³/mol. The molecule has 30 heavy (non-hydrogen) atoms. The van der Waals surface area contributed by atoms with Crippen LogP contribution in [0.4, 0.5) is 15.3 Å². The first-order valence-corrected chi connectivity index (χ1v) is 11.0. The van der Waals surface area contributed by atoms with Gasteiger partial charge in [0.15, 0.2) is 0 Å². The molecule has 2 saturated heterocycles. The van der Waals surface area contributed by atoms with E-state index in [2.05, 4.69) is 22.5 Å². The second-order valence-corrected chi connectivity index (χ2v) is 9.92. The molecule has 0 bridgehead atoms. The van der Waals surface area contributed by atoms with Gasteiger partial charge in [0.2, 0.25) is 0 Å². The van der Waals surface area contributed by atoms with Crippen molar-refractivity contribution < 1.29 is 19.1 Å². The average molecular weight is 452 g/mol. The van der Waals surface area contributed by atoms with Gasteiger partial charge in [0.1, 0.15) is 5.60 Å². The molecule has 1 aromatic carbocycles. The Morgan fingerprint density at radius 3 is 2.73 bits per heavy atom. The molecular weight excluding hydrogens is 426 g/mol. The number of piperidine rings is 1. The number of hydrogen-bond donors (Lipinski definition) is 2. The number of rotatable bonds is 3. The van der Waals surface area contributed by atoms with Crippen molar-refractivity contribution in [2.45, 2.75) is 45.8 Å². The number of anilines is 1. The van der Waals surface area contributed by atoms with Crippen molar-refractivity contribution in [2.24, 2.45) is 5.92 Å². The minimum atomic E-state index is -0.569. The van der Waals surface area contributed by atoms with Crippen molar-refractivity contribution >= 4 is 52.4 Å². The van der Waals surface area contributed by atoms with Gasteiger partial charge in [-0.3, -0.25) is 14.9 Å². The lowest BCUT2D eigenvalue weighted by atomic mass is 9.92. The van der Waals surface area contributed by atoms with E-state index in [4.69, 9.17) is 16.3 Å². The first-order valence-electron chi connectivity index (χ1n) is 9.81. The zero-order valence-electron chi connectivity index (χ0n) is 17.5. The molecule has 9 heteroatoms. The SMILES string of the molecule is CC1CCN(c2c(Cl)cccc2C=C2SC(=O)NC2=O)CC1NC(=O)OC(C)(C)C. The Bertz CT molecular complexity index is 897. The molecule has 2 heterocycles. The van der Waals surface area contributed by atoms with Crippen LogP contribution in [0.5, 0.6) is 0 Å². The van der Waals surface area contributed by atoms with E-state index in [9.17, 15) is 14.4 Å². The summed E-state index contributed by atoms with van der Waals surface area (Å²) in [4.78, 5) is 38.2. The maximum absolute atomic E-state index is 12.3. The molecule has 2 atom stereocenters. The third-order valence-electron chi connectivity index (χ3n) is 4.92. The summed E-state index contributed by atoms with van der Waals surface area (Å²) in [5, 5.41) is 5.40. The number of carbonyl (C=O) groups excluding carboxylic acids is 3. The van der Waals surface area contributed by atoms with Gasteiger partial charge < -0.3 is 15.0 Å². The maximum atomic E-state index is 12.3. The number of nitrogens with one attached hydrogen (secondary N) is 2. The number of amides is 3. The number of hydrogen-bond acceptors (Lipinski definition) is 6. The molecule has 2 fully saturated rings.